The van der Waals surface area contributed by atoms with Gasteiger partial charge in [0.1, 0.15) is 0 Å². The van der Waals surface area contributed by atoms with Crippen LogP contribution in [0.25, 0.3) is 0 Å². The Labute approximate surface area is 134 Å². The van der Waals surface area contributed by atoms with E-state index in [0.717, 1.165) is 0 Å². The minimum Gasteiger partial charge on any atom is -0.370 e. The molecule has 0 radical (unpaired) electrons. The van der Waals surface area contributed by atoms with Crippen LogP contribution < -0.4 is 10.5 Å². The molecule has 2 aromatic carbocycles. The highest BCUT2D eigenvalue weighted by molar-refractivity contribution is 7.89. The minimum absolute atomic E-state index is 0.0888. The lowest BCUT2D eigenvalue weighted by atomic mass is 10.0. The quantitative estimate of drug-likeness (QED) is 0.835. The van der Waals surface area contributed by atoms with E-state index in [-0.39, 0.29) is 11.3 Å². The third-order valence-electron chi connectivity index (χ3n) is 3.17. The largest absolute Gasteiger partial charge is 0.370 e. The molecule has 1 atom stereocenters. The number of nitrogens with zero attached hydrogens (tertiary/aromatic N) is 1. The molecule has 2 rings (SSSR count). The van der Waals surface area contributed by atoms with Gasteiger partial charge in [-0.25, -0.2) is 13.1 Å². The molecule has 0 aliphatic heterocycles. The molecule has 1 amide bonds. The molecule has 6 nitrogen and oxygen atoms in total. The molecule has 2 aromatic rings. The number of sulfonamides is 1. The van der Waals surface area contributed by atoms with Gasteiger partial charge >= 0.3 is 0 Å². The van der Waals surface area contributed by atoms with E-state index in [4.69, 9.17) is 11.0 Å². The van der Waals surface area contributed by atoms with E-state index >= 15 is 0 Å². The van der Waals surface area contributed by atoms with Crippen LogP contribution in [0.5, 0.6) is 0 Å². The molecule has 23 heavy (non-hydrogen) atoms. The molecule has 0 spiro atoms. The summed E-state index contributed by atoms with van der Waals surface area (Å²) in [6.07, 6.45) is -0.207. The number of hydrogen-bond donors (Lipinski definition) is 2. The number of benzene rings is 2. The van der Waals surface area contributed by atoms with Gasteiger partial charge in [0.15, 0.2) is 0 Å². The zero-order valence-electron chi connectivity index (χ0n) is 12.1. The predicted octanol–water partition coefficient (Wildman–Crippen LogP) is 1.45. The van der Waals surface area contributed by atoms with Gasteiger partial charge in [-0.2, -0.15) is 5.26 Å². The lowest BCUT2D eigenvalue weighted by Gasteiger charge is -2.18. The van der Waals surface area contributed by atoms with Gasteiger partial charge in [0.2, 0.25) is 15.9 Å². The molecule has 0 saturated carbocycles. The van der Waals surface area contributed by atoms with Crippen molar-refractivity contribution in [2.45, 2.75) is 17.4 Å². The van der Waals surface area contributed by atoms with Crippen molar-refractivity contribution in [3.8, 4) is 6.07 Å². The van der Waals surface area contributed by atoms with Crippen molar-refractivity contribution in [2.24, 2.45) is 5.73 Å². The SMILES string of the molecule is N#Cc1cccc(C(CC(N)=O)NS(=O)(=O)c2ccccc2)c1. The molecule has 0 aromatic heterocycles. The van der Waals surface area contributed by atoms with Crippen LogP contribution in [-0.2, 0) is 14.8 Å². The van der Waals surface area contributed by atoms with Crippen LogP contribution in [-0.4, -0.2) is 14.3 Å². The monoisotopic (exact) mass is 329 g/mol. The second-order valence-corrected chi connectivity index (χ2v) is 6.61. The fraction of sp³-hybridized carbons (Fsp3) is 0.125. The van der Waals surface area contributed by atoms with Gasteiger partial charge in [0.25, 0.3) is 0 Å². The zero-order valence-corrected chi connectivity index (χ0v) is 13.0. The van der Waals surface area contributed by atoms with Crippen molar-refractivity contribution in [1.29, 1.82) is 5.26 Å². The predicted molar refractivity (Wildman–Crippen MR) is 84.5 cm³/mol. The third kappa shape index (κ3) is 4.39. The smallest absolute Gasteiger partial charge is 0.241 e. The lowest BCUT2D eigenvalue weighted by Crippen LogP contribution is -2.31. The summed E-state index contributed by atoms with van der Waals surface area (Å²) in [5.74, 6) is -0.645. The Morgan fingerprint density at radius 1 is 1.17 bits per heavy atom. The van der Waals surface area contributed by atoms with Gasteiger partial charge in [-0.1, -0.05) is 30.3 Å². The molecule has 0 aliphatic rings. The van der Waals surface area contributed by atoms with Crippen LogP contribution in [0.1, 0.15) is 23.6 Å². The van der Waals surface area contributed by atoms with Gasteiger partial charge in [-0.05, 0) is 29.8 Å². The number of rotatable bonds is 6. The van der Waals surface area contributed by atoms with Crippen LogP contribution in [0.2, 0.25) is 0 Å². The molecular weight excluding hydrogens is 314 g/mol. The van der Waals surface area contributed by atoms with Crippen molar-refractivity contribution >= 4 is 15.9 Å². The van der Waals surface area contributed by atoms with E-state index in [1.54, 1.807) is 36.4 Å². The highest BCUT2D eigenvalue weighted by Crippen LogP contribution is 2.21. The molecule has 0 aliphatic carbocycles. The standard InChI is InChI=1S/C16H15N3O3S/c17-11-12-5-4-6-13(9-12)15(10-16(18)20)19-23(21,22)14-7-2-1-3-8-14/h1-9,15,19H,10H2,(H2,18,20). The average molecular weight is 329 g/mol. The molecule has 0 saturated heterocycles. The number of primary amides is 1. The highest BCUT2D eigenvalue weighted by atomic mass is 32.2. The topological polar surface area (TPSA) is 113 Å². The van der Waals surface area contributed by atoms with E-state index in [1.807, 2.05) is 6.07 Å². The van der Waals surface area contributed by atoms with Gasteiger partial charge in [0, 0.05) is 6.42 Å². The summed E-state index contributed by atoms with van der Waals surface area (Å²) < 4.78 is 27.3. The maximum atomic E-state index is 12.4. The second-order valence-electron chi connectivity index (χ2n) is 4.89. The number of nitrogens with two attached hydrogens (primary N) is 1. The molecule has 7 heteroatoms. The Balaban J connectivity index is 2.36. The van der Waals surface area contributed by atoms with Crippen molar-refractivity contribution in [3.63, 3.8) is 0 Å². The van der Waals surface area contributed by atoms with Crippen molar-refractivity contribution in [2.75, 3.05) is 0 Å². The molecule has 3 N–H and O–H groups in total. The number of nitrogens with one attached hydrogen (secondary N) is 1. The third-order valence-corrected chi connectivity index (χ3v) is 4.66. The number of nitriles is 1. The normalized spacial score (nSPS) is 12.3. The summed E-state index contributed by atoms with van der Waals surface area (Å²) in [4.78, 5) is 11.4. The number of carbonyl (C=O) groups excluding carboxylic acids is 1. The fourth-order valence-electron chi connectivity index (χ4n) is 2.11. The van der Waals surface area contributed by atoms with Crippen LogP contribution in [0.15, 0.2) is 59.5 Å². The first-order valence-corrected chi connectivity index (χ1v) is 8.26. The summed E-state index contributed by atoms with van der Waals surface area (Å²) in [6.45, 7) is 0. The van der Waals surface area contributed by atoms with E-state index in [1.165, 1.54) is 18.2 Å². The summed E-state index contributed by atoms with van der Waals surface area (Å²) in [7, 11) is -3.81. The van der Waals surface area contributed by atoms with E-state index in [2.05, 4.69) is 4.72 Å². The molecular formula is C16H15N3O3S. The van der Waals surface area contributed by atoms with E-state index in [9.17, 15) is 13.2 Å². The molecule has 0 bridgehead atoms. The van der Waals surface area contributed by atoms with Crippen molar-refractivity contribution < 1.29 is 13.2 Å². The summed E-state index contributed by atoms with van der Waals surface area (Å²) in [6, 6.07) is 15.3. The van der Waals surface area contributed by atoms with Crippen LogP contribution in [0, 0.1) is 11.3 Å². The Morgan fingerprint density at radius 2 is 1.87 bits per heavy atom. The van der Waals surface area contributed by atoms with Gasteiger partial charge in [0.05, 0.1) is 22.6 Å². The number of carbonyl (C=O) groups is 1. The first-order chi connectivity index (χ1) is 10.9. The maximum absolute atomic E-state index is 12.4. The van der Waals surface area contributed by atoms with E-state index < -0.39 is 22.0 Å². The maximum Gasteiger partial charge on any atom is 0.241 e. The fourth-order valence-corrected chi connectivity index (χ4v) is 3.35. The highest BCUT2D eigenvalue weighted by Gasteiger charge is 2.23. The van der Waals surface area contributed by atoms with Crippen molar-refractivity contribution in [1.82, 2.24) is 4.72 Å². The van der Waals surface area contributed by atoms with Crippen LogP contribution >= 0.6 is 0 Å². The molecule has 0 fully saturated rings. The van der Waals surface area contributed by atoms with Gasteiger partial charge in [-0.15, -0.1) is 0 Å². The second kappa shape index (κ2) is 7.05. The Bertz CT molecular complexity index is 842. The van der Waals surface area contributed by atoms with Crippen LogP contribution in [0.4, 0.5) is 0 Å². The zero-order chi connectivity index (χ0) is 16.9. The lowest BCUT2D eigenvalue weighted by molar-refractivity contribution is -0.118. The number of amides is 1. The van der Waals surface area contributed by atoms with Gasteiger partial charge in [-0.3, -0.25) is 4.79 Å². The Morgan fingerprint density at radius 3 is 2.48 bits per heavy atom. The molecule has 118 valence electrons. The van der Waals surface area contributed by atoms with Crippen molar-refractivity contribution in [3.05, 3.63) is 65.7 Å². The minimum atomic E-state index is -3.81. The summed E-state index contributed by atoms with van der Waals surface area (Å²) >= 11 is 0. The van der Waals surface area contributed by atoms with Gasteiger partial charge < -0.3 is 5.73 Å². The summed E-state index contributed by atoms with van der Waals surface area (Å²) in [5, 5.41) is 8.96. The Kier molecular flexibility index (Phi) is 5.11. The van der Waals surface area contributed by atoms with E-state index in [0.29, 0.717) is 11.1 Å². The average Bonchev–Trinajstić information content (AvgIpc) is 2.54. The molecule has 0 heterocycles. The number of hydrogen-bond acceptors (Lipinski definition) is 4. The first kappa shape index (κ1) is 16.7. The first-order valence-electron chi connectivity index (χ1n) is 6.78. The Hall–Kier alpha value is -2.69. The van der Waals surface area contributed by atoms with Crippen LogP contribution in [0.3, 0.4) is 0 Å². The molecule has 1 unspecified atom stereocenters. The summed E-state index contributed by atoms with van der Waals surface area (Å²) in [5.41, 5.74) is 6.09.